The van der Waals surface area contributed by atoms with Crippen LogP contribution in [0, 0.1) is 13.8 Å². The maximum absolute atomic E-state index is 11.8. The Balaban J connectivity index is 2.07. The first kappa shape index (κ1) is 23.9. The zero-order valence-corrected chi connectivity index (χ0v) is 19.6. The third-order valence-electron chi connectivity index (χ3n) is 4.98. The lowest BCUT2D eigenvalue weighted by atomic mass is 10.1. The summed E-state index contributed by atoms with van der Waals surface area (Å²) in [7, 11) is 0.0902. The van der Waals surface area contributed by atoms with Gasteiger partial charge in [-0.25, -0.2) is 18.1 Å². The molecule has 0 fully saturated rings. The van der Waals surface area contributed by atoms with Gasteiger partial charge in [-0.1, -0.05) is 24.3 Å². The van der Waals surface area contributed by atoms with Crippen LogP contribution in [-0.4, -0.2) is 43.8 Å². The number of nitrogens with one attached hydrogen (secondary N) is 3. The van der Waals surface area contributed by atoms with Crippen LogP contribution in [0.25, 0.3) is 0 Å². The Morgan fingerprint density at radius 3 is 2.57 bits per heavy atom. The topological polar surface area (TPSA) is 100 Å². The van der Waals surface area contributed by atoms with Crippen molar-refractivity contribution >= 4 is 16.0 Å². The van der Waals surface area contributed by atoms with Crippen LogP contribution in [0.15, 0.2) is 29.3 Å². The smallest absolute Gasteiger partial charge is 0.215 e. The molecule has 1 unspecified atom stereocenters. The minimum absolute atomic E-state index is 0.0414. The van der Waals surface area contributed by atoms with Crippen molar-refractivity contribution < 1.29 is 8.42 Å². The molecule has 30 heavy (non-hydrogen) atoms. The summed E-state index contributed by atoms with van der Waals surface area (Å²) >= 11 is 0. The molecule has 9 heteroatoms. The Morgan fingerprint density at radius 1 is 1.27 bits per heavy atom. The monoisotopic (exact) mass is 434 g/mol. The third kappa shape index (κ3) is 6.84. The lowest BCUT2D eigenvalue weighted by molar-refractivity contribution is 0.587. The first-order valence-corrected chi connectivity index (χ1v) is 11.8. The van der Waals surface area contributed by atoms with Crippen molar-refractivity contribution in [1.29, 1.82) is 0 Å². The van der Waals surface area contributed by atoms with Crippen LogP contribution in [-0.2, 0) is 35.8 Å². The predicted molar refractivity (Wildman–Crippen MR) is 122 cm³/mol. The predicted octanol–water partition coefficient (Wildman–Crippen LogP) is 1.77. The highest BCUT2D eigenvalue weighted by atomic mass is 32.2. The number of benzene rings is 1. The van der Waals surface area contributed by atoms with Crippen LogP contribution in [0.2, 0.25) is 0 Å². The van der Waals surface area contributed by atoms with Crippen molar-refractivity contribution in [2.75, 3.05) is 13.6 Å². The van der Waals surface area contributed by atoms with E-state index in [0.717, 1.165) is 35.7 Å². The van der Waals surface area contributed by atoms with Gasteiger partial charge >= 0.3 is 0 Å². The van der Waals surface area contributed by atoms with E-state index in [9.17, 15) is 8.42 Å². The molecule has 1 aromatic heterocycles. The Bertz CT molecular complexity index is 981. The quantitative estimate of drug-likeness (QED) is 0.413. The minimum atomic E-state index is -3.30. The second-order valence-electron chi connectivity index (χ2n) is 7.50. The van der Waals surface area contributed by atoms with Gasteiger partial charge in [-0.15, -0.1) is 0 Å². The molecule has 0 aliphatic carbocycles. The molecule has 0 saturated carbocycles. The molecule has 2 aromatic rings. The molecule has 0 aliphatic heterocycles. The summed E-state index contributed by atoms with van der Waals surface area (Å²) in [6.07, 6.45) is 0.854. The van der Waals surface area contributed by atoms with Gasteiger partial charge in [0.2, 0.25) is 10.0 Å². The molecule has 3 N–H and O–H groups in total. The highest BCUT2D eigenvalue weighted by Gasteiger charge is 2.14. The van der Waals surface area contributed by atoms with Crippen molar-refractivity contribution in [2.24, 2.45) is 12.0 Å². The molecule has 1 atom stereocenters. The fourth-order valence-electron chi connectivity index (χ4n) is 3.30. The molecule has 0 spiro atoms. The fourth-order valence-corrected chi connectivity index (χ4v) is 4.07. The van der Waals surface area contributed by atoms with Gasteiger partial charge in [-0.3, -0.25) is 4.68 Å². The number of sulfonamides is 1. The molecule has 8 nitrogen and oxygen atoms in total. The average Bonchev–Trinajstić information content (AvgIpc) is 2.92. The van der Waals surface area contributed by atoms with E-state index in [1.165, 1.54) is 18.3 Å². The number of aliphatic imine (C=N–C) groups is 1. The van der Waals surface area contributed by atoms with Gasteiger partial charge < -0.3 is 10.6 Å². The molecule has 0 saturated heterocycles. The van der Waals surface area contributed by atoms with Gasteiger partial charge in [-0.05, 0) is 57.9 Å². The van der Waals surface area contributed by atoms with E-state index in [0.29, 0.717) is 6.54 Å². The summed E-state index contributed by atoms with van der Waals surface area (Å²) in [5, 5.41) is 11.2. The maximum atomic E-state index is 11.8. The van der Waals surface area contributed by atoms with Crippen LogP contribution in [0.5, 0.6) is 0 Å². The van der Waals surface area contributed by atoms with Crippen molar-refractivity contribution in [2.45, 2.75) is 52.5 Å². The zero-order valence-electron chi connectivity index (χ0n) is 18.8. The SMILES string of the molecule is CCNC(=NCc1cccc(CS(=O)(=O)NC)c1)NC(C)Cc1c(C)nn(C)c1C. The lowest BCUT2D eigenvalue weighted by Gasteiger charge is -2.18. The van der Waals surface area contributed by atoms with Gasteiger partial charge in [0, 0.05) is 25.3 Å². The Labute approximate surface area is 180 Å². The third-order valence-corrected chi connectivity index (χ3v) is 6.31. The summed E-state index contributed by atoms with van der Waals surface area (Å²) in [4.78, 5) is 4.68. The van der Waals surface area contributed by atoms with E-state index in [4.69, 9.17) is 0 Å². The van der Waals surface area contributed by atoms with Crippen LogP contribution in [0.4, 0.5) is 0 Å². The van der Waals surface area contributed by atoms with Crippen LogP contribution >= 0.6 is 0 Å². The van der Waals surface area contributed by atoms with Crippen LogP contribution in [0.1, 0.15) is 41.9 Å². The van der Waals surface area contributed by atoms with Crippen molar-refractivity contribution in [3.63, 3.8) is 0 Å². The van der Waals surface area contributed by atoms with Gasteiger partial charge in [0.05, 0.1) is 18.0 Å². The average molecular weight is 435 g/mol. The minimum Gasteiger partial charge on any atom is -0.357 e. The van der Waals surface area contributed by atoms with Crippen molar-refractivity contribution in [3.8, 4) is 0 Å². The number of aromatic nitrogens is 2. The van der Waals surface area contributed by atoms with Gasteiger partial charge in [0.25, 0.3) is 0 Å². The molecule has 1 aromatic carbocycles. The largest absolute Gasteiger partial charge is 0.357 e. The maximum Gasteiger partial charge on any atom is 0.215 e. The second kappa shape index (κ2) is 10.6. The summed E-state index contributed by atoms with van der Waals surface area (Å²) in [5.74, 6) is 0.692. The van der Waals surface area contributed by atoms with E-state index in [1.54, 1.807) is 0 Å². The number of hydrogen-bond acceptors (Lipinski definition) is 4. The molecule has 1 heterocycles. The second-order valence-corrected chi connectivity index (χ2v) is 9.43. The highest BCUT2D eigenvalue weighted by molar-refractivity contribution is 7.88. The Kier molecular flexibility index (Phi) is 8.43. The normalized spacial score (nSPS) is 13.3. The van der Waals surface area contributed by atoms with E-state index >= 15 is 0 Å². The van der Waals surface area contributed by atoms with Gasteiger partial charge in [-0.2, -0.15) is 5.10 Å². The van der Waals surface area contributed by atoms with E-state index in [1.807, 2.05) is 49.8 Å². The first-order valence-electron chi connectivity index (χ1n) is 10.2. The highest BCUT2D eigenvalue weighted by Crippen LogP contribution is 2.14. The lowest BCUT2D eigenvalue weighted by Crippen LogP contribution is -2.43. The summed E-state index contributed by atoms with van der Waals surface area (Å²) in [6.45, 7) is 9.49. The molecule has 0 bridgehead atoms. The number of hydrogen-bond donors (Lipinski definition) is 3. The molecule has 166 valence electrons. The van der Waals surface area contributed by atoms with E-state index in [2.05, 4.69) is 39.3 Å². The van der Waals surface area contributed by atoms with E-state index < -0.39 is 10.0 Å². The van der Waals surface area contributed by atoms with Gasteiger partial charge in [0.1, 0.15) is 0 Å². The summed E-state index contributed by atoms with van der Waals surface area (Å²) in [5.41, 5.74) is 5.19. The van der Waals surface area contributed by atoms with Gasteiger partial charge in [0.15, 0.2) is 5.96 Å². The fraction of sp³-hybridized carbons (Fsp3) is 0.524. The number of aryl methyl sites for hydroxylation is 2. The summed E-state index contributed by atoms with van der Waals surface area (Å²) in [6, 6.07) is 7.69. The molecular weight excluding hydrogens is 400 g/mol. The number of rotatable bonds is 9. The van der Waals surface area contributed by atoms with Crippen molar-refractivity contribution in [1.82, 2.24) is 25.1 Å². The summed E-state index contributed by atoms with van der Waals surface area (Å²) < 4.78 is 27.8. The standard InChI is InChI=1S/C21H34N6O2S/c1-7-23-21(25-15(2)11-20-16(3)26-27(6)17(20)4)24-13-18-9-8-10-19(12-18)14-30(28,29)22-5/h8-10,12,15,22H,7,11,13-14H2,1-6H3,(H2,23,24,25). The number of guanidine groups is 1. The zero-order chi connectivity index (χ0) is 22.3. The van der Waals surface area contributed by atoms with Crippen LogP contribution < -0.4 is 15.4 Å². The molecule has 0 radical (unpaired) electrons. The first-order chi connectivity index (χ1) is 14.1. The Hall–Kier alpha value is -2.39. The van der Waals surface area contributed by atoms with Crippen LogP contribution in [0.3, 0.4) is 0 Å². The Morgan fingerprint density at radius 2 is 1.97 bits per heavy atom. The molecule has 0 amide bonds. The molecular formula is C21H34N6O2S. The van der Waals surface area contributed by atoms with E-state index in [-0.39, 0.29) is 11.8 Å². The van der Waals surface area contributed by atoms with Crippen molar-refractivity contribution in [3.05, 3.63) is 52.3 Å². The molecule has 2 rings (SSSR count). The number of nitrogens with zero attached hydrogens (tertiary/aromatic N) is 3. The molecule has 0 aliphatic rings.